The first-order valence-corrected chi connectivity index (χ1v) is 8.59. The number of hydrogen-bond donors (Lipinski definition) is 1. The average Bonchev–Trinajstić information content (AvgIpc) is 2.64. The van der Waals surface area contributed by atoms with Gasteiger partial charge in [-0.05, 0) is 22.8 Å². The highest BCUT2D eigenvalue weighted by atomic mass is 19.1. The fourth-order valence-corrected chi connectivity index (χ4v) is 2.96. The molecule has 0 aromatic heterocycles. The number of halogens is 1. The first-order chi connectivity index (χ1) is 12.2. The van der Waals surface area contributed by atoms with E-state index in [0.717, 1.165) is 38.4 Å². The Bertz CT molecular complexity index is 714. The van der Waals surface area contributed by atoms with E-state index in [0.29, 0.717) is 12.1 Å². The molecule has 0 aliphatic carbocycles. The Balaban J connectivity index is 1.57. The Morgan fingerprint density at radius 2 is 1.64 bits per heavy atom. The summed E-state index contributed by atoms with van der Waals surface area (Å²) in [4.78, 5) is 14.5. The van der Waals surface area contributed by atoms with Crippen LogP contribution < -0.4 is 5.32 Å². The second-order valence-electron chi connectivity index (χ2n) is 6.20. The minimum atomic E-state index is -0.342. The molecular formula is C20H23FN2O2. The van der Waals surface area contributed by atoms with Crippen LogP contribution in [-0.4, -0.2) is 37.1 Å². The third-order valence-corrected chi connectivity index (χ3v) is 4.40. The Kier molecular flexibility index (Phi) is 6.14. The number of rotatable bonds is 6. The van der Waals surface area contributed by atoms with Crippen LogP contribution in [0.25, 0.3) is 0 Å². The molecule has 0 unspecified atom stereocenters. The second kappa shape index (κ2) is 8.74. The van der Waals surface area contributed by atoms with Crippen LogP contribution >= 0.6 is 0 Å². The molecule has 132 valence electrons. The number of ether oxygens (including phenoxy) is 1. The van der Waals surface area contributed by atoms with E-state index in [1.165, 1.54) is 11.6 Å². The van der Waals surface area contributed by atoms with Gasteiger partial charge in [0.05, 0.1) is 19.6 Å². The molecule has 25 heavy (non-hydrogen) atoms. The Morgan fingerprint density at radius 3 is 2.36 bits per heavy atom. The van der Waals surface area contributed by atoms with Crippen molar-refractivity contribution in [3.63, 3.8) is 0 Å². The van der Waals surface area contributed by atoms with Crippen molar-refractivity contribution in [3.05, 3.63) is 71.0 Å². The van der Waals surface area contributed by atoms with Crippen molar-refractivity contribution in [1.82, 2.24) is 10.2 Å². The molecule has 1 saturated heterocycles. The molecular weight excluding hydrogens is 319 g/mol. The maximum Gasteiger partial charge on any atom is 0.224 e. The maximum atomic E-state index is 13.6. The van der Waals surface area contributed by atoms with Crippen LogP contribution in [0.1, 0.15) is 16.7 Å². The minimum Gasteiger partial charge on any atom is -0.379 e. The summed E-state index contributed by atoms with van der Waals surface area (Å²) in [7, 11) is 0. The van der Waals surface area contributed by atoms with E-state index >= 15 is 0 Å². The van der Waals surface area contributed by atoms with Gasteiger partial charge in [-0.3, -0.25) is 9.69 Å². The minimum absolute atomic E-state index is 0.0539. The van der Waals surface area contributed by atoms with E-state index in [-0.39, 0.29) is 18.1 Å². The largest absolute Gasteiger partial charge is 0.379 e. The quantitative estimate of drug-likeness (QED) is 0.877. The summed E-state index contributed by atoms with van der Waals surface area (Å²) in [6.07, 6.45) is 0.0539. The van der Waals surface area contributed by atoms with Crippen molar-refractivity contribution in [2.75, 3.05) is 26.3 Å². The molecule has 2 aromatic rings. The van der Waals surface area contributed by atoms with Gasteiger partial charge >= 0.3 is 0 Å². The number of carbonyl (C=O) groups excluding carboxylic acids is 1. The number of benzene rings is 2. The summed E-state index contributed by atoms with van der Waals surface area (Å²) in [5.74, 6) is -0.517. The van der Waals surface area contributed by atoms with Gasteiger partial charge in [0.2, 0.25) is 5.91 Å². The normalized spacial score (nSPS) is 15.1. The summed E-state index contributed by atoms with van der Waals surface area (Å²) < 4.78 is 19.0. The zero-order valence-electron chi connectivity index (χ0n) is 14.2. The predicted octanol–water partition coefficient (Wildman–Crippen LogP) is 2.52. The lowest BCUT2D eigenvalue weighted by Gasteiger charge is -2.27. The van der Waals surface area contributed by atoms with Crippen LogP contribution in [0.5, 0.6) is 0 Å². The Morgan fingerprint density at radius 1 is 1.00 bits per heavy atom. The fourth-order valence-electron chi connectivity index (χ4n) is 2.96. The lowest BCUT2D eigenvalue weighted by atomic mass is 10.1. The Labute approximate surface area is 147 Å². The zero-order valence-corrected chi connectivity index (χ0v) is 14.2. The molecule has 1 aliphatic heterocycles. The molecule has 1 aliphatic rings. The van der Waals surface area contributed by atoms with Crippen LogP contribution in [0.15, 0.2) is 48.5 Å². The molecule has 0 radical (unpaired) electrons. The van der Waals surface area contributed by atoms with Crippen LogP contribution in [0.4, 0.5) is 4.39 Å². The van der Waals surface area contributed by atoms with Crippen LogP contribution in [0.2, 0.25) is 0 Å². The first kappa shape index (κ1) is 17.6. The van der Waals surface area contributed by atoms with Gasteiger partial charge < -0.3 is 10.1 Å². The summed E-state index contributed by atoms with van der Waals surface area (Å²) in [5, 5.41) is 2.90. The van der Waals surface area contributed by atoms with E-state index in [9.17, 15) is 9.18 Å². The molecule has 4 nitrogen and oxygen atoms in total. The number of hydrogen-bond acceptors (Lipinski definition) is 3. The Hall–Kier alpha value is -2.24. The standard InChI is InChI=1S/C20H23FN2O2/c21-19-8-4-3-5-16(19)13-20(24)22-14-17-6-1-2-7-18(17)15-23-9-11-25-12-10-23/h1-8H,9-15H2,(H,22,24). The number of nitrogens with zero attached hydrogens (tertiary/aromatic N) is 1. The average molecular weight is 342 g/mol. The van der Waals surface area contributed by atoms with Crippen LogP contribution in [0, 0.1) is 5.82 Å². The summed E-state index contributed by atoms with van der Waals surface area (Å²) in [5.41, 5.74) is 2.72. The van der Waals surface area contributed by atoms with E-state index in [1.54, 1.807) is 18.2 Å². The van der Waals surface area contributed by atoms with Gasteiger partial charge in [0, 0.05) is 26.2 Å². The second-order valence-corrected chi connectivity index (χ2v) is 6.20. The molecule has 0 bridgehead atoms. The molecule has 5 heteroatoms. The molecule has 3 rings (SSSR count). The fraction of sp³-hybridized carbons (Fsp3) is 0.350. The van der Waals surface area contributed by atoms with Crippen molar-refractivity contribution in [2.45, 2.75) is 19.5 Å². The van der Waals surface area contributed by atoms with Crippen molar-refractivity contribution in [2.24, 2.45) is 0 Å². The number of carbonyl (C=O) groups is 1. The molecule has 1 fully saturated rings. The van der Waals surface area contributed by atoms with E-state index in [4.69, 9.17) is 4.74 Å². The van der Waals surface area contributed by atoms with E-state index in [2.05, 4.69) is 16.3 Å². The van der Waals surface area contributed by atoms with Gasteiger partial charge in [-0.15, -0.1) is 0 Å². The third kappa shape index (κ3) is 5.11. The highest BCUT2D eigenvalue weighted by Gasteiger charge is 2.13. The smallest absolute Gasteiger partial charge is 0.224 e. The highest BCUT2D eigenvalue weighted by molar-refractivity contribution is 5.78. The molecule has 1 N–H and O–H groups in total. The number of amides is 1. The lowest BCUT2D eigenvalue weighted by molar-refractivity contribution is -0.120. The van der Waals surface area contributed by atoms with Crippen molar-refractivity contribution in [3.8, 4) is 0 Å². The van der Waals surface area contributed by atoms with Crippen molar-refractivity contribution < 1.29 is 13.9 Å². The van der Waals surface area contributed by atoms with Gasteiger partial charge in [-0.2, -0.15) is 0 Å². The third-order valence-electron chi connectivity index (χ3n) is 4.40. The summed E-state index contributed by atoms with van der Waals surface area (Å²) >= 11 is 0. The predicted molar refractivity (Wildman–Crippen MR) is 94.5 cm³/mol. The monoisotopic (exact) mass is 342 g/mol. The van der Waals surface area contributed by atoms with Gasteiger partial charge in [0.25, 0.3) is 0 Å². The zero-order chi connectivity index (χ0) is 17.5. The summed E-state index contributed by atoms with van der Waals surface area (Å²) in [6, 6.07) is 14.5. The lowest BCUT2D eigenvalue weighted by Crippen LogP contribution is -2.36. The van der Waals surface area contributed by atoms with Gasteiger partial charge in [0.1, 0.15) is 5.82 Å². The number of morpholine rings is 1. The van der Waals surface area contributed by atoms with Gasteiger partial charge in [0.15, 0.2) is 0 Å². The topological polar surface area (TPSA) is 41.6 Å². The molecule has 2 aromatic carbocycles. The molecule has 0 spiro atoms. The van der Waals surface area contributed by atoms with E-state index in [1.807, 2.05) is 18.2 Å². The van der Waals surface area contributed by atoms with Gasteiger partial charge in [-0.25, -0.2) is 4.39 Å². The van der Waals surface area contributed by atoms with Crippen molar-refractivity contribution in [1.29, 1.82) is 0 Å². The molecule has 0 saturated carbocycles. The van der Waals surface area contributed by atoms with Crippen LogP contribution in [-0.2, 0) is 29.0 Å². The highest BCUT2D eigenvalue weighted by Crippen LogP contribution is 2.13. The number of nitrogens with one attached hydrogen (secondary N) is 1. The van der Waals surface area contributed by atoms with Gasteiger partial charge in [-0.1, -0.05) is 42.5 Å². The molecule has 1 amide bonds. The SMILES string of the molecule is O=C(Cc1ccccc1F)NCc1ccccc1CN1CCOCC1. The van der Waals surface area contributed by atoms with Crippen LogP contribution in [0.3, 0.4) is 0 Å². The summed E-state index contributed by atoms with van der Waals surface area (Å²) in [6.45, 7) is 4.68. The molecule has 0 atom stereocenters. The molecule has 1 heterocycles. The first-order valence-electron chi connectivity index (χ1n) is 8.59. The maximum absolute atomic E-state index is 13.6. The van der Waals surface area contributed by atoms with E-state index < -0.39 is 0 Å². The van der Waals surface area contributed by atoms with Crippen molar-refractivity contribution >= 4 is 5.91 Å².